The standard InChI is InChI=1S/C39H74O10/c1-3-5-7-9-11-13-14-15-16-17-18-19-20-22-24-26-28-35(42)48-32(30-46-34(41)27-25-23-21-12-10-8-6-4-2)31-47-39-38(45)37(44)36(43)33(29-40)49-39/h32-33,36-40,43-45H,3-31H2,1-2H3/t32-,33-,36+,37?,38?,39-/m1/s1. The van der Waals surface area contributed by atoms with Crippen molar-refractivity contribution >= 4 is 11.9 Å². The van der Waals surface area contributed by atoms with E-state index in [1.165, 1.54) is 109 Å². The Morgan fingerprint density at radius 2 is 0.959 bits per heavy atom. The van der Waals surface area contributed by atoms with E-state index < -0.39 is 49.4 Å². The van der Waals surface area contributed by atoms with Gasteiger partial charge in [-0.25, -0.2) is 0 Å². The van der Waals surface area contributed by atoms with Crippen molar-refractivity contribution in [2.75, 3.05) is 19.8 Å². The second-order valence-electron chi connectivity index (χ2n) is 14.1. The predicted molar refractivity (Wildman–Crippen MR) is 192 cm³/mol. The van der Waals surface area contributed by atoms with E-state index in [1.807, 2.05) is 0 Å². The smallest absolute Gasteiger partial charge is 0.306 e. The summed E-state index contributed by atoms with van der Waals surface area (Å²) in [6.07, 6.45) is 21.3. The minimum Gasteiger partial charge on any atom is -0.462 e. The molecule has 0 amide bonds. The van der Waals surface area contributed by atoms with Crippen LogP contribution < -0.4 is 0 Å². The van der Waals surface area contributed by atoms with Crippen molar-refractivity contribution in [3.05, 3.63) is 0 Å². The zero-order valence-corrected chi connectivity index (χ0v) is 31.2. The van der Waals surface area contributed by atoms with Gasteiger partial charge in [0.15, 0.2) is 12.4 Å². The van der Waals surface area contributed by atoms with Gasteiger partial charge in [-0.3, -0.25) is 9.59 Å². The fraction of sp³-hybridized carbons (Fsp3) is 0.949. The van der Waals surface area contributed by atoms with Gasteiger partial charge in [-0.1, -0.05) is 155 Å². The van der Waals surface area contributed by atoms with Crippen LogP contribution in [0.5, 0.6) is 0 Å². The zero-order valence-electron chi connectivity index (χ0n) is 31.2. The van der Waals surface area contributed by atoms with Crippen molar-refractivity contribution in [1.29, 1.82) is 0 Å². The van der Waals surface area contributed by atoms with Crippen molar-refractivity contribution in [2.45, 2.75) is 218 Å². The molecule has 4 N–H and O–H groups in total. The lowest BCUT2D eigenvalue weighted by atomic mass is 9.99. The second kappa shape index (κ2) is 31.4. The Labute approximate surface area is 298 Å². The molecule has 1 heterocycles. The Hall–Kier alpha value is -1.30. The van der Waals surface area contributed by atoms with Crippen LogP contribution in [-0.2, 0) is 28.5 Å². The summed E-state index contributed by atoms with van der Waals surface area (Å²) in [5.41, 5.74) is 0. The number of hydrogen-bond acceptors (Lipinski definition) is 10. The molecule has 1 rings (SSSR count). The van der Waals surface area contributed by atoms with Gasteiger partial charge in [-0.15, -0.1) is 0 Å². The minimum absolute atomic E-state index is 0.210. The van der Waals surface area contributed by atoms with E-state index in [1.54, 1.807) is 0 Å². The van der Waals surface area contributed by atoms with Gasteiger partial charge in [0.05, 0.1) is 13.2 Å². The van der Waals surface area contributed by atoms with Gasteiger partial charge >= 0.3 is 11.9 Å². The molecule has 0 spiro atoms. The maximum atomic E-state index is 12.7. The van der Waals surface area contributed by atoms with Gasteiger partial charge in [0, 0.05) is 12.8 Å². The molecule has 290 valence electrons. The molecule has 1 saturated heterocycles. The zero-order chi connectivity index (χ0) is 36.0. The Morgan fingerprint density at radius 1 is 0.551 bits per heavy atom. The summed E-state index contributed by atoms with van der Waals surface area (Å²) in [4.78, 5) is 25.1. The van der Waals surface area contributed by atoms with Crippen LogP contribution >= 0.6 is 0 Å². The maximum Gasteiger partial charge on any atom is 0.306 e. The summed E-state index contributed by atoms with van der Waals surface area (Å²) >= 11 is 0. The van der Waals surface area contributed by atoms with Gasteiger partial charge in [0.2, 0.25) is 0 Å². The molecule has 10 nitrogen and oxygen atoms in total. The van der Waals surface area contributed by atoms with E-state index in [0.29, 0.717) is 6.42 Å². The Balaban J connectivity index is 2.34. The molecule has 10 heteroatoms. The highest BCUT2D eigenvalue weighted by Gasteiger charge is 2.44. The van der Waals surface area contributed by atoms with Crippen molar-refractivity contribution in [3.63, 3.8) is 0 Å². The van der Waals surface area contributed by atoms with Gasteiger partial charge < -0.3 is 39.4 Å². The van der Waals surface area contributed by atoms with Crippen LogP contribution in [0.25, 0.3) is 0 Å². The topological polar surface area (TPSA) is 152 Å². The lowest BCUT2D eigenvalue weighted by Gasteiger charge is -2.39. The van der Waals surface area contributed by atoms with Crippen LogP contribution in [0.15, 0.2) is 0 Å². The molecule has 1 aliphatic rings. The molecule has 0 bridgehead atoms. The highest BCUT2D eigenvalue weighted by molar-refractivity contribution is 5.70. The molecule has 0 aromatic heterocycles. The van der Waals surface area contributed by atoms with Crippen molar-refractivity contribution < 1.29 is 49.0 Å². The Morgan fingerprint density at radius 3 is 1.39 bits per heavy atom. The number of carbonyl (C=O) groups excluding carboxylic acids is 2. The fourth-order valence-electron chi connectivity index (χ4n) is 6.25. The number of ether oxygens (including phenoxy) is 4. The SMILES string of the molecule is CCCCCCCCCCCCCCCCCCC(=O)O[C@H](COC(=O)CCCCCCCCCC)CO[C@@H]1O[C@H](CO)[C@H](O)C(O)C1O. The summed E-state index contributed by atoms with van der Waals surface area (Å²) in [6.45, 7) is 3.39. The third-order valence-electron chi connectivity index (χ3n) is 9.49. The molecule has 1 fully saturated rings. The molecule has 0 aliphatic carbocycles. The number of aliphatic hydroxyl groups excluding tert-OH is 4. The Bertz CT molecular complexity index is 779. The maximum absolute atomic E-state index is 12.7. The summed E-state index contributed by atoms with van der Waals surface area (Å²) in [5, 5.41) is 39.9. The monoisotopic (exact) mass is 703 g/mol. The van der Waals surface area contributed by atoms with Gasteiger partial charge in [-0.2, -0.15) is 0 Å². The van der Waals surface area contributed by atoms with Crippen LogP contribution in [0.1, 0.15) is 181 Å². The van der Waals surface area contributed by atoms with Crippen LogP contribution in [0.4, 0.5) is 0 Å². The molecule has 0 saturated carbocycles. The van der Waals surface area contributed by atoms with E-state index in [9.17, 15) is 30.0 Å². The second-order valence-corrected chi connectivity index (χ2v) is 14.1. The number of esters is 2. The third-order valence-corrected chi connectivity index (χ3v) is 9.49. The predicted octanol–water partition coefficient (Wildman–Crippen LogP) is 7.44. The highest BCUT2D eigenvalue weighted by Crippen LogP contribution is 2.22. The van der Waals surface area contributed by atoms with E-state index in [2.05, 4.69) is 13.8 Å². The number of unbranched alkanes of at least 4 members (excludes halogenated alkanes) is 22. The molecule has 49 heavy (non-hydrogen) atoms. The molecule has 2 unspecified atom stereocenters. The first-order valence-electron chi connectivity index (χ1n) is 20.1. The van der Waals surface area contributed by atoms with Gasteiger partial charge in [-0.05, 0) is 12.8 Å². The van der Waals surface area contributed by atoms with Crippen molar-refractivity contribution in [3.8, 4) is 0 Å². The first-order chi connectivity index (χ1) is 23.8. The van der Waals surface area contributed by atoms with Crippen LogP contribution in [0, 0.1) is 0 Å². The van der Waals surface area contributed by atoms with Crippen LogP contribution in [0.2, 0.25) is 0 Å². The van der Waals surface area contributed by atoms with Crippen LogP contribution in [0.3, 0.4) is 0 Å². The minimum atomic E-state index is -1.59. The number of hydrogen-bond donors (Lipinski definition) is 4. The molecule has 1 aliphatic heterocycles. The summed E-state index contributed by atoms with van der Waals surface area (Å²) in [7, 11) is 0. The average Bonchev–Trinajstić information content (AvgIpc) is 3.10. The molecule has 6 atom stereocenters. The Kier molecular flexibility index (Phi) is 29.3. The number of rotatable bonds is 33. The average molecular weight is 703 g/mol. The third kappa shape index (κ3) is 23.7. The number of carbonyl (C=O) groups is 2. The highest BCUT2D eigenvalue weighted by atomic mass is 16.7. The number of aliphatic hydroxyl groups is 4. The van der Waals surface area contributed by atoms with E-state index in [4.69, 9.17) is 18.9 Å². The summed E-state index contributed by atoms with van der Waals surface area (Å²) in [6, 6.07) is 0. The normalized spacial score (nSPS) is 21.5. The van der Waals surface area contributed by atoms with E-state index in [0.717, 1.165) is 38.5 Å². The van der Waals surface area contributed by atoms with Gasteiger partial charge in [0.1, 0.15) is 31.0 Å². The van der Waals surface area contributed by atoms with E-state index in [-0.39, 0.29) is 32.0 Å². The van der Waals surface area contributed by atoms with Crippen LogP contribution in [-0.4, -0.2) is 89.0 Å². The molecule has 0 aromatic carbocycles. The summed E-state index contributed by atoms with van der Waals surface area (Å²) < 4.78 is 22.0. The first-order valence-corrected chi connectivity index (χ1v) is 20.1. The lowest BCUT2D eigenvalue weighted by molar-refractivity contribution is -0.305. The molecule has 0 radical (unpaired) electrons. The van der Waals surface area contributed by atoms with Crippen molar-refractivity contribution in [1.82, 2.24) is 0 Å². The first kappa shape index (κ1) is 45.7. The van der Waals surface area contributed by atoms with Crippen molar-refractivity contribution in [2.24, 2.45) is 0 Å². The fourth-order valence-corrected chi connectivity index (χ4v) is 6.25. The molecule has 0 aromatic rings. The molecular weight excluding hydrogens is 628 g/mol. The quantitative estimate of drug-likeness (QED) is 0.0401. The summed E-state index contributed by atoms with van der Waals surface area (Å²) in [5.74, 6) is -0.801. The largest absolute Gasteiger partial charge is 0.462 e. The lowest BCUT2D eigenvalue weighted by Crippen LogP contribution is -2.59. The molecular formula is C39H74O10. The van der Waals surface area contributed by atoms with E-state index >= 15 is 0 Å². The van der Waals surface area contributed by atoms with Gasteiger partial charge in [0.25, 0.3) is 0 Å².